The molecule has 2 saturated heterocycles. The molecule has 2 aliphatic rings. The molecule has 0 bridgehead atoms. The minimum absolute atomic E-state index is 0.0392. The molecule has 2 fully saturated rings. The van der Waals surface area contributed by atoms with Crippen LogP contribution in [-0.4, -0.2) is 61.5 Å². The molecule has 3 rings (SSSR count). The first kappa shape index (κ1) is 18.4. The molecule has 7 heteroatoms. The minimum atomic E-state index is -3.22. The second-order valence-electron chi connectivity index (χ2n) is 7.05. The van der Waals surface area contributed by atoms with Gasteiger partial charge < -0.3 is 10.6 Å². The van der Waals surface area contributed by atoms with E-state index in [1.54, 1.807) is 6.92 Å². The zero-order valence-electron chi connectivity index (χ0n) is 14.7. The van der Waals surface area contributed by atoms with E-state index < -0.39 is 15.4 Å². The lowest BCUT2D eigenvalue weighted by Crippen LogP contribution is -2.53. The lowest BCUT2D eigenvalue weighted by Gasteiger charge is -2.42. The minimum Gasteiger partial charge on any atom is -0.340 e. The summed E-state index contributed by atoms with van der Waals surface area (Å²) in [7, 11) is -3.22. The highest BCUT2D eigenvalue weighted by Gasteiger charge is 2.47. The molecule has 2 heterocycles. The summed E-state index contributed by atoms with van der Waals surface area (Å²) >= 11 is 0. The summed E-state index contributed by atoms with van der Waals surface area (Å²) in [6.07, 6.45) is 1.86. The van der Waals surface area contributed by atoms with Gasteiger partial charge in [0, 0.05) is 32.2 Å². The van der Waals surface area contributed by atoms with E-state index in [4.69, 9.17) is 5.73 Å². The summed E-state index contributed by atoms with van der Waals surface area (Å²) in [6.45, 7) is 3.70. The van der Waals surface area contributed by atoms with Gasteiger partial charge in [-0.3, -0.25) is 4.79 Å². The molecule has 0 radical (unpaired) electrons. The number of sulfonamides is 1. The van der Waals surface area contributed by atoms with Gasteiger partial charge in [0.1, 0.15) is 0 Å². The third-order valence-electron chi connectivity index (χ3n) is 5.58. The highest BCUT2D eigenvalue weighted by Crippen LogP contribution is 2.38. The summed E-state index contributed by atoms with van der Waals surface area (Å²) in [5.41, 5.74) is 6.32. The molecule has 0 unspecified atom stereocenters. The first-order valence-electron chi connectivity index (χ1n) is 8.97. The molecule has 6 nitrogen and oxygen atoms in total. The van der Waals surface area contributed by atoms with E-state index in [1.165, 1.54) is 4.31 Å². The van der Waals surface area contributed by atoms with Crippen molar-refractivity contribution in [1.82, 2.24) is 9.21 Å². The van der Waals surface area contributed by atoms with Crippen LogP contribution >= 0.6 is 0 Å². The summed E-state index contributed by atoms with van der Waals surface area (Å²) in [5, 5.41) is 0. The number of rotatable bonds is 4. The standard InChI is InChI=1S/C18H27N3O3S/c1-2-25(23,24)21-12-9-18(10-13-21,15-6-4-3-5-7-15)17(22)20-11-8-16(19)14-20/h3-7,16H,2,8-14,19H2,1H3/t16-/m1/s1. The molecule has 2 N–H and O–H groups in total. The number of benzene rings is 1. The predicted molar refractivity (Wildman–Crippen MR) is 97.6 cm³/mol. The van der Waals surface area contributed by atoms with E-state index >= 15 is 0 Å². The molecule has 1 aromatic carbocycles. The molecule has 0 spiro atoms. The van der Waals surface area contributed by atoms with Crippen LogP contribution in [0.25, 0.3) is 0 Å². The molecule has 1 aromatic rings. The number of amides is 1. The van der Waals surface area contributed by atoms with E-state index in [0.717, 1.165) is 12.0 Å². The number of nitrogens with two attached hydrogens (primary N) is 1. The van der Waals surface area contributed by atoms with E-state index in [2.05, 4.69) is 0 Å². The lowest BCUT2D eigenvalue weighted by molar-refractivity contribution is -0.138. The van der Waals surface area contributed by atoms with Crippen LogP contribution in [0.4, 0.5) is 0 Å². The molecule has 0 saturated carbocycles. The number of likely N-dealkylation sites (tertiary alicyclic amines) is 1. The van der Waals surface area contributed by atoms with E-state index in [1.807, 2.05) is 35.2 Å². The van der Waals surface area contributed by atoms with Crippen LogP contribution < -0.4 is 5.73 Å². The van der Waals surface area contributed by atoms with Crippen molar-refractivity contribution in [3.63, 3.8) is 0 Å². The molecule has 25 heavy (non-hydrogen) atoms. The Morgan fingerprint density at radius 2 is 1.84 bits per heavy atom. The third-order valence-corrected chi connectivity index (χ3v) is 7.46. The van der Waals surface area contributed by atoms with Gasteiger partial charge >= 0.3 is 0 Å². The molecule has 0 aromatic heterocycles. The van der Waals surface area contributed by atoms with E-state index in [-0.39, 0.29) is 17.7 Å². The predicted octanol–water partition coefficient (Wildman–Crippen LogP) is 0.930. The third kappa shape index (κ3) is 3.45. The fraction of sp³-hybridized carbons (Fsp3) is 0.611. The van der Waals surface area contributed by atoms with Crippen LogP contribution in [0.15, 0.2) is 30.3 Å². The lowest BCUT2D eigenvalue weighted by atomic mass is 9.72. The molecule has 138 valence electrons. The van der Waals surface area contributed by atoms with Gasteiger partial charge in [0.05, 0.1) is 11.2 Å². The number of nitrogens with zero attached hydrogens (tertiary/aromatic N) is 2. The number of hydrogen-bond donors (Lipinski definition) is 1. The van der Waals surface area contributed by atoms with Gasteiger partial charge in [0.15, 0.2) is 0 Å². The van der Waals surface area contributed by atoms with Crippen molar-refractivity contribution in [3.8, 4) is 0 Å². The molecule has 1 amide bonds. The van der Waals surface area contributed by atoms with Crippen LogP contribution in [0.3, 0.4) is 0 Å². The van der Waals surface area contributed by atoms with Crippen LogP contribution in [0.1, 0.15) is 31.7 Å². The summed E-state index contributed by atoms with van der Waals surface area (Å²) in [4.78, 5) is 15.3. The van der Waals surface area contributed by atoms with Crippen molar-refractivity contribution in [3.05, 3.63) is 35.9 Å². The Morgan fingerprint density at radius 1 is 1.20 bits per heavy atom. The Balaban J connectivity index is 1.89. The van der Waals surface area contributed by atoms with Crippen molar-refractivity contribution in [1.29, 1.82) is 0 Å². The van der Waals surface area contributed by atoms with Crippen LogP contribution in [0.2, 0.25) is 0 Å². The van der Waals surface area contributed by atoms with Crippen molar-refractivity contribution < 1.29 is 13.2 Å². The topological polar surface area (TPSA) is 83.7 Å². The average Bonchev–Trinajstić information content (AvgIpc) is 3.08. The van der Waals surface area contributed by atoms with E-state index in [0.29, 0.717) is 39.0 Å². The molecule has 1 atom stereocenters. The Labute approximate surface area is 150 Å². The van der Waals surface area contributed by atoms with Crippen LogP contribution in [0.5, 0.6) is 0 Å². The quantitative estimate of drug-likeness (QED) is 0.860. The Morgan fingerprint density at radius 3 is 2.36 bits per heavy atom. The summed E-state index contributed by atoms with van der Waals surface area (Å²) in [5.74, 6) is 0.195. The number of carbonyl (C=O) groups excluding carboxylic acids is 1. The zero-order valence-corrected chi connectivity index (χ0v) is 15.5. The first-order chi connectivity index (χ1) is 11.9. The van der Waals surface area contributed by atoms with Gasteiger partial charge in [-0.15, -0.1) is 0 Å². The zero-order chi connectivity index (χ0) is 18.1. The SMILES string of the molecule is CCS(=O)(=O)N1CCC(C(=O)N2CC[C@@H](N)C2)(c2ccccc2)CC1. The summed E-state index contributed by atoms with van der Waals surface area (Å²) < 4.78 is 25.9. The largest absolute Gasteiger partial charge is 0.340 e. The van der Waals surface area contributed by atoms with Crippen LogP contribution in [0, 0.1) is 0 Å². The van der Waals surface area contributed by atoms with Gasteiger partial charge in [-0.05, 0) is 31.7 Å². The second-order valence-corrected chi connectivity index (χ2v) is 9.31. The monoisotopic (exact) mass is 365 g/mol. The fourth-order valence-electron chi connectivity index (χ4n) is 3.99. The second kappa shape index (κ2) is 7.05. The van der Waals surface area contributed by atoms with Crippen molar-refractivity contribution in [2.75, 3.05) is 31.9 Å². The smallest absolute Gasteiger partial charge is 0.233 e. The Hall–Kier alpha value is -1.44. The average molecular weight is 365 g/mol. The van der Waals surface area contributed by atoms with Crippen molar-refractivity contribution in [2.24, 2.45) is 5.73 Å². The number of hydrogen-bond acceptors (Lipinski definition) is 4. The maximum atomic E-state index is 13.4. The number of piperidine rings is 1. The molecule has 0 aliphatic carbocycles. The molecular weight excluding hydrogens is 338 g/mol. The normalized spacial score (nSPS) is 24.4. The maximum absolute atomic E-state index is 13.4. The Bertz CT molecular complexity index is 712. The van der Waals surface area contributed by atoms with Gasteiger partial charge in [0.2, 0.25) is 15.9 Å². The van der Waals surface area contributed by atoms with Gasteiger partial charge in [-0.2, -0.15) is 0 Å². The van der Waals surface area contributed by atoms with E-state index in [9.17, 15) is 13.2 Å². The fourth-order valence-corrected chi connectivity index (χ4v) is 5.09. The van der Waals surface area contributed by atoms with Crippen molar-refractivity contribution in [2.45, 2.75) is 37.6 Å². The van der Waals surface area contributed by atoms with Crippen LogP contribution in [-0.2, 0) is 20.2 Å². The maximum Gasteiger partial charge on any atom is 0.233 e. The van der Waals surface area contributed by atoms with Gasteiger partial charge in [0.25, 0.3) is 0 Å². The first-order valence-corrected chi connectivity index (χ1v) is 10.6. The highest BCUT2D eigenvalue weighted by atomic mass is 32.2. The highest BCUT2D eigenvalue weighted by molar-refractivity contribution is 7.89. The number of carbonyl (C=O) groups is 1. The summed E-state index contributed by atoms with van der Waals surface area (Å²) in [6, 6.07) is 9.82. The van der Waals surface area contributed by atoms with Gasteiger partial charge in [-0.25, -0.2) is 12.7 Å². The molecular formula is C18H27N3O3S. The Kier molecular flexibility index (Phi) is 5.18. The van der Waals surface area contributed by atoms with Crippen molar-refractivity contribution >= 4 is 15.9 Å². The van der Waals surface area contributed by atoms with Gasteiger partial charge in [-0.1, -0.05) is 30.3 Å². The molecule has 2 aliphatic heterocycles.